The molecule has 6 heteroatoms. The largest absolute Gasteiger partial charge is 0.482 e. The van der Waals surface area contributed by atoms with Gasteiger partial charge in [-0.25, -0.2) is 0 Å². The molecule has 20 heavy (non-hydrogen) atoms. The van der Waals surface area contributed by atoms with Gasteiger partial charge in [0.05, 0.1) is 11.1 Å². The second-order valence-electron chi connectivity index (χ2n) is 4.88. The zero-order valence-electron chi connectivity index (χ0n) is 11.5. The van der Waals surface area contributed by atoms with Crippen LogP contribution in [-0.2, 0) is 4.79 Å². The molecule has 0 saturated heterocycles. The minimum Gasteiger partial charge on any atom is -0.482 e. The molecule has 0 bridgehead atoms. The van der Waals surface area contributed by atoms with E-state index in [2.05, 4.69) is 11.4 Å². The molecule has 1 amide bonds. The van der Waals surface area contributed by atoms with Crippen LogP contribution in [0, 0.1) is 17.2 Å². The van der Waals surface area contributed by atoms with Gasteiger partial charge in [-0.15, -0.1) is 0 Å². The zero-order chi connectivity index (χ0) is 15.3. The molecule has 1 aromatic rings. The van der Waals surface area contributed by atoms with Crippen LogP contribution in [-0.4, -0.2) is 18.1 Å². The Morgan fingerprint density at radius 1 is 1.50 bits per heavy atom. The Morgan fingerprint density at radius 3 is 2.70 bits per heavy atom. The maximum absolute atomic E-state index is 11.8. The fourth-order valence-corrected chi connectivity index (χ4v) is 1.69. The van der Waals surface area contributed by atoms with E-state index in [1.165, 1.54) is 6.07 Å². The molecule has 0 aliphatic carbocycles. The lowest BCUT2D eigenvalue weighted by Gasteiger charge is -2.27. The third-order valence-electron chi connectivity index (χ3n) is 3.04. The van der Waals surface area contributed by atoms with Gasteiger partial charge in [-0.2, -0.15) is 5.26 Å². The molecule has 0 aliphatic rings. The molecular formula is C14H16Cl2N2O2. The van der Waals surface area contributed by atoms with Crippen molar-refractivity contribution in [2.45, 2.75) is 26.3 Å². The molecule has 0 saturated carbocycles. The molecule has 0 aromatic heterocycles. The van der Waals surface area contributed by atoms with Crippen LogP contribution in [0.1, 0.15) is 20.8 Å². The third kappa shape index (κ3) is 4.29. The SMILES string of the molecule is CC(C)[C@](C)(C#N)NC(=O)COc1cc(Cl)ccc1Cl. The smallest absolute Gasteiger partial charge is 0.259 e. The Balaban J connectivity index is 2.65. The van der Waals surface area contributed by atoms with Gasteiger partial charge >= 0.3 is 0 Å². The number of carbonyl (C=O) groups excluding carboxylic acids is 1. The highest BCUT2D eigenvalue weighted by Crippen LogP contribution is 2.27. The van der Waals surface area contributed by atoms with E-state index in [0.717, 1.165) is 0 Å². The number of rotatable bonds is 5. The lowest BCUT2D eigenvalue weighted by molar-refractivity contribution is -0.124. The fraction of sp³-hybridized carbons (Fsp3) is 0.429. The molecule has 0 aliphatic heterocycles. The standard InChI is InChI=1S/C14H16Cl2N2O2/c1-9(2)14(3,8-17)18-13(19)7-20-12-6-10(15)4-5-11(12)16/h4-6,9H,7H2,1-3H3,(H,18,19)/t14-/m0/s1. The first-order chi connectivity index (χ1) is 9.28. The van der Waals surface area contributed by atoms with Crippen LogP contribution in [0.3, 0.4) is 0 Å². The summed E-state index contributed by atoms with van der Waals surface area (Å²) in [4.78, 5) is 11.8. The monoisotopic (exact) mass is 314 g/mol. The third-order valence-corrected chi connectivity index (χ3v) is 3.59. The highest BCUT2D eigenvalue weighted by Gasteiger charge is 2.30. The highest BCUT2D eigenvalue weighted by molar-refractivity contribution is 6.34. The van der Waals surface area contributed by atoms with Crippen LogP contribution in [0.4, 0.5) is 0 Å². The summed E-state index contributed by atoms with van der Waals surface area (Å²) in [5.41, 5.74) is -0.932. The van der Waals surface area contributed by atoms with Crippen LogP contribution < -0.4 is 10.1 Å². The summed E-state index contributed by atoms with van der Waals surface area (Å²) >= 11 is 11.7. The van der Waals surface area contributed by atoms with E-state index in [0.29, 0.717) is 15.8 Å². The van der Waals surface area contributed by atoms with E-state index in [-0.39, 0.29) is 12.5 Å². The van der Waals surface area contributed by atoms with Crippen molar-refractivity contribution in [2.75, 3.05) is 6.61 Å². The summed E-state index contributed by atoms with van der Waals surface area (Å²) in [5, 5.41) is 12.6. The Bertz CT molecular complexity index is 540. The summed E-state index contributed by atoms with van der Waals surface area (Å²) < 4.78 is 5.31. The summed E-state index contributed by atoms with van der Waals surface area (Å²) in [6.45, 7) is 5.16. The Labute approximate surface area is 128 Å². The Morgan fingerprint density at radius 2 is 2.15 bits per heavy atom. The molecule has 0 spiro atoms. The molecule has 1 atom stereocenters. The average Bonchev–Trinajstić information content (AvgIpc) is 2.39. The second kappa shape index (κ2) is 6.83. The molecule has 4 nitrogen and oxygen atoms in total. The van der Waals surface area contributed by atoms with Crippen molar-refractivity contribution in [3.8, 4) is 11.8 Å². The first-order valence-corrected chi connectivity index (χ1v) is 6.84. The van der Waals surface area contributed by atoms with Gasteiger partial charge in [-0.3, -0.25) is 4.79 Å². The quantitative estimate of drug-likeness (QED) is 0.905. The van der Waals surface area contributed by atoms with E-state index in [9.17, 15) is 4.79 Å². The van der Waals surface area contributed by atoms with Crippen LogP contribution in [0.5, 0.6) is 5.75 Å². The summed E-state index contributed by atoms with van der Waals surface area (Å²) in [7, 11) is 0. The van der Waals surface area contributed by atoms with E-state index in [1.54, 1.807) is 19.1 Å². The van der Waals surface area contributed by atoms with Crippen molar-refractivity contribution < 1.29 is 9.53 Å². The van der Waals surface area contributed by atoms with Crippen molar-refractivity contribution >= 4 is 29.1 Å². The Hall–Kier alpha value is -1.44. The van der Waals surface area contributed by atoms with Gasteiger partial charge in [0, 0.05) is 11.1 Å². The van der Waals surface area contributed by atoms with Crippen molar-refractivity contribution in [1.29, 1.82) is 5.26 Å². The maximum atomic E-state index is 11.8. The molecule has 1 aromatic carbocycles. The number of nitriles is 1. The predicted molar refractivity (Wildman–Crippen MR) is 79.0 cm³/mol. The average molecular weight is 315 g/mol. The van der Waals surface area contributed by atoms with Gasteiger partial charge in [0.25, 0.3) is 5.91 Å². The van der Waals surface area contributed by atoms with Crippen molar-refractivity contribution in [2.24, 2.45) is 5.92 Å². The summed E-state index contributed by atoms with van der Waals surface area (Å²) in [6, 6.07) is 6.84. The molecule has 0 fully saturated rings. The van der Waals surface area contributed by atoms with Gasteiger partial charge in [-0.1, -0.05) is 37.0 Å². The number of halogens is 2. The first-order valence-electron chi connectivity index (χ1n) is 6.08. The van der Waals surface area contributed by atoms with E-state index in [1.807, 2.05) is 13.8 Å². The van der Waals surface area contributed by atoms with Gasteiger partial charge in [0.15, 0.2) is 6.61 Å². The van der Waals surface area contributed by atoms with Gasteiger partial charge in [0.2, 0.25) is 0 Å². The number of ether oxygens (including phenoxy) is 1. The summed E-state index contributed by atoms with van der Waals surface area (Å²) in [6.07, 6.45) is 0. The highest BCUT2D eigenvalue weighted by atomic mass is 35.5. The normalized spacial score (nSPS) is 13.4. The number of nitrogens with zero attached hydrogens (tertiary/aromatic N) is 1. The number of carbonyl (C=O) groups is 1. The molecule has 1 rings (SSSR count). The number of nitrogens with one attached hydrogen (secondary N) is 1. The molecule has 0 heterocycles. The predicted octanol–water partition coefficient (Wildman–Crippen LogP) is 3.43. The summed E-state index contributed by atoms with van der Waals surface area (Å²) in [5.74, 6) is -0.0810. The topological polar surface area (TPSA) is 62.1 Å². The fourth-order valence-electron chi connectivity index (χ4n) is 1.36. The van der Waals surface area contributed by atoms with Crippen molar-refractivity contribution in [1.82, 2.24) is 5.32 Å². The van der Waals surface area contributed by atoms with Crippen LogP contribution in [0.25, 0.3) is 0 Å². The van der Waals surface area contributed by atoms with E-state index < -0.39 is 11.4 Å². The van der Waals surface area contributed by atoms with Crippen molar-refractivity contribution in [3.05, 3.63) is 28.2 Å². The van der Waals surface area contributed by atoms with Crippen molar-refractivity contribution in [3.63, 3.8) is 0 Å². The number of benzene rings is 1. The van der Waals surface area contributed by atoms with Crippen LogP contribution >= 0.6 is 23.2 Å². The van der Waals surface area contributed by atoms with Gasteiger partial charge in [-0.05, 0) is 25.0 Å². The van der Waals surface area contributed by atoms with E-state index >= 15 is 0 Å². The first kappa shape index (κ1) is 16.6. The second-order valence-corrected chi connectivity index (χ2v) is 5.72. The minimum absolute atomic E-state index is 0.0220. The van der Waals surface area contributed by atoms with Crippen LogP contribution in [0.2, 0.25) is 10.0 Å². The van der Waals surface area contributed by atoms with Crippen LogP contribution in [0.15, 0.2) is 18.2 Å². The zero-order valence-corrected chi connectivity index (χ0v) is 13.0. The van der Waals surface area contributed by atoms with Gasteiger partial charge < -0.3 is 10.1 Å². The molecule has 108 valence electrons. The van der Waals surface area contributed by atoms with E-state index in [4.69, 9.17) is 33.2 Å². The lowest BCUT2D eigenvalue weighted by Crippen LogP contribution is -2.50. The Kier molecular flexibility index (Phi) is 5.67. The molecule has 0 unspecified atom stereocenters. The number of amides is 1. The van der Waals surface area contributed by atoms with Gasteiger partial charge in [0.1, 0.15) is 11.3 Å². The number of hydrogen-bond donors (Lipinski definition) is 1. The minimum atomic E-state index is -0.932. The molecule has 0 radical (unpaired) electrons. The molecule has 1 N–H and O–H groups in total. The maximum Gasteiger partial charge on any atom is 0.259 e. The number of hydrogen-bond acceptors (Lipinski definition) is 3. The lowest BCUT2D eigenvalue weighted by atomic mass is 9.90. The molecular weight excluding hydrogens is 299 g/mol.